The van der Waals surface area contributed by atoms with Gasteiger partial charge in [-0.3, -0.25) is 0 Å². The third kappa shape index (κ3) is 2.98. The molecule has 102 valence electrons. The van der Waals surface area contributed by atoms with Crippen LogP contribution in [0, 0.1) is 0 Å². The summed E-state index contributed by atoms with van der Waals surface area (Å²) in [6.45, 7) is -0.307. The highest BCUT2D eigenvalue weighted by Crippen LogP contribution is 2.36. The Morgan fingerprint density at radius 2 is 2.16 bits per heavy atom. The van der Waals surface area contributed by atoms with Crippen molar-refractivity contribution in [1.82, 2.24) is 0 Å². The molecule has 19 heavy (non-hydrogen) atoms. The van der Waals surface area contributed by atoms with E-state index >= 15 is 0 Å². The molecule has 1 heterocycles. The summed E-state index contributed by atoms with van der Waals surface area (Å²) >= 11 is 0. The van der Waals surface area contributed by atoms with E-state index in [1.54, 1.807) is 12.1 Å². The number of hydrogen-bond acceptors (Lipinski definition) is 7. The molecule has 0 aromatic heterocycles. The van der Waals surface area contributed by atoms with E-state index in [0.29, 0.717) is 5.56 Å². The van der Waals surface area contributed by atoms with E-state index in [2.05, 4.69) is 0 Å². The molecule has 2 N–H and O–H groups in total. The molecule has 8 heteroatoms. The van der Waals surface area contributed by atoms with Gasteiger partial charge in [-0.05, 0) is 11.6 Å². The smallest absolute Gasteiger partial charge is 0.491 e. The van der Waals surface area contributed by atoms with Gasteiger partial charge in [0.1, 0.15) is 12.1 Å². The summed E-state index contributed by atoms with van der Waals surface area (Å²) in [5.74, 6) is -0.0469. The van der Waals surface area contributed by atoms with E-state index in [9.17, 15) is 4.79 Å². The lowest BCUT2D eigenvalue weighted by Gasteiger charge is -2.22. The molecule has 1 aromatic carbocycles. The lowest BCUT2D eigenvalue weighted by Crippen LogP contribution is -2.24. The number of hydrogen-bond donors (Lipinski definition) is 2. The maximum absolute atomic E-state index is 11.8. The van der Waals surface area contributed by atoms with Crippen molar-refractivity contribution in [3.8, 4) is 11.5 Å². The normalized spacial score (nSPS) is 13.3. The zero-order valence-corrected chi connectivity index (χ0v) is 10.3. The van der Waals surface area contributed by atoms with Crippen LogP contribution in [0.2, 0.25) is 0 Å². The first kappa shape index (κ1) is 13.7. The molecule has 1 aliphatic rings. The molecule has 1 aliphatic heterocycles. The number of benzene rings is 1. The fraction of sp³-hybridized carbons (Fsp3) is 0.364. The standard InChI is InChI=1S/C11H13BO7/c1-16-4-7-2-3-8(17-5-12(14)15)10-9(7)11(13)19-6-18-10/h2-3,14-15H,4-6H2,1H3. The summed E-state index contributed by atoms with van der Waals surface area (Å²) in [5.41, 5.74) is 0.845. The van der Waals surface area contributed by atoms with E-state index in [-0.39, 0.29) is 37.0 Å². The molecule has 0 bridgehead atoms. The van der Waals surface area contributed by atoms with Gasteiger partial charge in [-0.2, -0.15) is 0 Å². The molecule has 0 radical (unpaired) electrons. The summed E-state index contributed by atoms with van der Waals surface area (Å²) in [5, 5.41) is 17.6. The van der Waals surface area contributed by atoms with Crippen LogP contribution in [0.4, 0.5) is 0 Å². The van der Waals surface area contributed by atoms with Crippen LogP contribution in [0.3, 0.4) is 0 Å². The fourth-order valence-electron chi connectivity index (χ4n) is 1.74. The second-order valence-electron chi connectivity index (χ2n) is 3.85. The van der Waals surface area contributed by atoms with E-state index in [4.69, 9.17) is 29.0 Å². The van der Waals surface area contributed by atoms with Gasteiger partial charge in [-0.15, -0.1) is 0 Å². The maximum Gasteiger partial charge on any atom is 0.491 e. The quantitative estimate of drug-likeness (QED) is 0.560. The number of carbonyl (C=O) groups is 1. The Kier molecular flexibility index (Phi) is 4.25. The van der Waals surface area contributed by atoms with Gasteiger partial charge < -0.3 is 29.0 Å². The van der Waals surface area contributed by atoms with Gasteiger partial charge >= 0.3 is 13.1 Å². The molecular formula is C11H13BO7. The zero-order chi connectivity index (χ0) is 13.8. The van der Waals surface area contributed by atoms with Crippen LogP contribution in [0.25, 0.3) is 0 Å². The molecule has 0 saturated carbocycles. The molecule has 0 saturated heterocycles. The minimum absolute atomic E-state index is 0.208. The van der Waals surface area contributed by atoms with Crippen LogP contribution < -0.4 is 9.47 Å². The van der Waals surface area contributed by atoms with Crippen LogP contribution in [0.15, 0.2) is 12.1 Å². The molecule has 0 aliphatic carbocycles. The highest BCUT2D eigenvalue weighted by molar-refractivity contribution is 6.40. The number of cyclic esters (lactones) is 1. The minimum Gasteiger partial charge on any atom is -0.492 e. The van der Waals surface area contributed by atoms with Crippen molar-refractivity contribution in [3.63, 3.8) is 0 Å². The SMILES string of the molecule is COCc1ccc(OCB(O)O)c2c1C(=O)OCO2. The lowest BCUT2D eigenvalue weighted by atomic mass is 9.95. The molecule has 0 atom stereocenters. The first-order chi connectivity index (χ1) is 9.13. The Hall–Kier alpha value is -1.77. The van der Waals surface area contributed by atoms with Crippen LogP contribution in [-0.2, 0) is 16.1 Å². The summed E-state index contributed by atoms with van der Waals surface area (Å²) in [6, 6.07) is 3.21. The number of fused-ring (bicyclic) bond motifs is 1. The van der Waals surface area contributed by atoms with Crippen molar-refractivity contribution < 1.29 is 33.8 Å². The van der Waals surface area contributed by atoms with Gasteiger partial charge in [-0.1, -0.05) is 6.07 Å². The topological polar surface area (TPSA) is 94.5 Å². The minimum atomic E-state index is -1.61. The molecule has 0 spiro atoms. The average molecular weight is 268 g/mol. The molecular weight excluding hydrogens is 255 g/mol. The Labute approximate surface area is 109 Å². The second kappa shape index (κ2) is 5.92. The van der Waals surface area contributed by atoms with Crippen LogP contribution in [0.1, 0.15) is 15.9 Å². The van der Waals surface area contributed by atoms with E-state index in [0.717, 1.165) is 0 Å². The Balaban J connectivity index is 2.36. The van der Waals surface area contributed by atoms with Gasteiger partial charge in [0.15, 0.2) is 11.5 Å². The number of carbonyl (C=O) groups excluding carboxylic acids is 1. The molecule has 7 nitrogen and oxygen atoms in total. The number of ether oxygens (including phenoxy) is 4. The van der Waals surface area contributed by atoms with Crippen molar-refractivity contribution in [3.05, 3.63) is 23.3 Å². The summed E-state index contributed by atoms with van der Waals surface area (Å²) in [4.78, 5) is 11.8. The van der Waals surface area contributed by atoms with Gasteiger partial charge in [-0.25, -0.2) is 4.79 Å². The molecule has 0 unspecified atom stereocenters. The number of methoxy groups -OCH3 is 1. The monoisotopic (exact) mass is 268 g/mol. The summed E-state index contributed by atoms with van der Waals surface area (Å²) in [6.07, 6.45) is 0. The lowest BCUT2D eigenvalue weighted by molar-refractivity contribution is 0.00311. The van der Waals surface area contributed by atoms with Gasteiger partial charge in [0.25, 0.3) is 0 Å². The van der Waals surface area contributed by atoms with Crippen molar-refractivity contribution in [1.29, 1.82) is 0 Å². The average Bonchev–Trinajstić information content (AvgIpc) is 2.38. The van der Waals surface area contributed by atoms with Crippen LogP contribution >= 0.6 is 0 Å². The highest BCUT2D eigenvalue weighted by Gasteiger charge is 2.27. The van der Waals surface area contributed by atoms with Gasteiger partial charge in [0, 0.05) is 7.11 Å². The van der Waals surface area contributed by atoms with Gasteiger partial charge in [0.2, 0.25) is 6.79 Å². The predicted octanol–water partition coefficient (Wildman–Crippen LogP) is -0.269. The first-order valence-electron chi connectivity index (χ1n) is 5.57. The molecule has 0 fully saturated rings. The highest BCUT2D eigenvalue weighted by atomic mass is 16.7. The maximum atomic E-state index is 11.8. The fourth-order valence-corrected chi connectivity index (χ4v) is 1.74. The van der Waals surface area contributed by atoms with Crippen molar-refractivity contribution in [2.45, 2.75) is 6.61 Å². The molecule has 0 amide bonds. The summed E-state index contributed by atoms with van der Waals surface area (Å²) in [7, 11) is -0.0987. The zero-order valence-electron chi connectivity index (χ0n) is 10.3. The molecule has 1 aromatic rings. The van der Waals surface area contributed by atoms with Crippen molar-refractivity contribution in [2.75, 3.05) is 20.4 Å². The predicted molar refractivity (Wildman–Crippen MR) is 63.8 cm³/mol. The van der Waals surface area contributed by atoms with E-state index in [1.165, 1.54) is 7.11 Å². The third-order valence-electron chi connectivity index (χ3n) is 2.49. The van der Waals surface area contributed by atoms with Crippen LogP contribution in [0.5, 0.6) is 11.5 Å². The second-order valence-corrected chi connectivity index (χ2v) is 3.85. The van der Waals surface area contributed by atoms with E-state index < -0.39 is 13.1 Å². The first-order valence-corrected chi connectivity index (χ1v) is 5.57. The largest absolute Gasteiger partial charge is 0.492 e. The van der Waals surface area contributed by atoms with Gasteiger partial charge in [0.05, 0.1) is 6.61 Å². The Morgan fingerprint density at radius 3 is 2.84 bits per heavy atom. The Morgan fingerprint density at radius 1 is 1.37 bits per heavy atom. The van der Waals surface area contributed by atoms with Crippen LogP contribution in [-0.4, -0.2) is 43.5 Å². The van der Waals surface area contributed by atoms with Crippen molar-refractivity contribution in [2.24, 2.45) is 0 Å². The number of rotatable bonds is 5. The number of esters is 1. The Bertz CT molecular complexity index is 474. The van der Waals surface area contributed by atoms with Crippen molar-refractivity contribution >= 4 is 13.1 Å². The summed E-state index contributed by atoms with van der Waals surface area (Å²) < 4.78 is 20.2. The van der Waals surface area contributed by atoms with E-state index in [1.807, 2.05) is 0 Å². The molecule has 2 rings (SSSR count). The third-order valence-corrected chi connectivity index (χ3v) is 2.49.